The first kappa shape index (κ1) is 13.1. The summed E-state index contributed by atoms with van der Waals surface area (Å²) in [5, 5.41) is 0. The van der Waals surface area contributed by atoms with Gasteiger partial charge in [-0.3, -0.25) is 0 Å². The second-order valence-corrected chi connectivity index (χ2v) is 6.13. The van der Waals surface area contributed by atoms with Gasteiger partial charge in [-0.05, 0) is 30.2 Å². The van der Waals surface area contributed by atoms with Crippen LogP contribution in [0, 0.1) is 11.7 Å². The van der Waals surface area contributed by atoms with E-state index in [4.69, 9.17) is 5.73 Å². The van der Waals surface area contributed by atoms with E-state index in [1.807, 2.05) is 0 Å². The molecule has 1 atom stereocenters. The van der Waals surface area contributed by atoms with E-state index in [1.165, 1.54) is 24.3 Å². The van der Waals surface area contributed by atoms with Crippen molar-refractivity contribution < 1.29 is 12.8 Å². The van der Waals surface area contributed by atoms with E-state index in [-0.39, 0.29) is 23.2 Å². The first-order chi connectivity index (χ1) is 7.43. The number of benzene rings is 1. The maximum Gasteiger partial charge on any atom is 0.154 e. The molecule has 0 saturated carbocycles. The van der Waals surface area contributed by atoms with Gasteiger partial charge in [-0.1, -0.05) is 19.1 Å². The topological polar surface area (TPSA) is 60.2 Å². The summed E-state index contributed by atoms with van der Waals surface area (Å²) in [4.78, 5) is 0. The average Bonchev–Trinajstić information content (AvgIpc) is 2.20. The molecule has 90 valence electrons. The zero-order valence-corrected chi connectivity index (χ0v) is 10.0. The summed E-state index contributed by atoms with van der Waals surface area (Å²) in [7, 11) is -3.16. The van der Waals surface area contributed by atoms with Crippen LogP contribution in [0.4, 0.5) is 4.39 Å². The van der Waals surface area contributed by atoms with Crippen molar-refractivity contribution in [3.8, 4) is 0 Å². The number of halogens is 1. The van der Waals surface area contributed by atoms with Gasteiger partial charge in [0.15, 0.2) is 9.84 Å². The molecule has 16 heavy (non-hydrogen) atoms. The molecule has 0 bridgehead atoms. The summed E-state index contributed by atoms with van der Waals surface area (Å²) in [6.07, 6.45) is 0. The van der Waals surface area contributed by atoms with Gasteiger partial charge >= 0.3 is 0 Å². The maximum absolute atomic E-state index is 12.6. The molecule has 0 heterocycles. The lowest BCUT2D eigenvalue weighted by atomic mass is 10.2. The third kappa shape index (κ3) is 4.28. The van der Waals surface area contributed by atoms with E-state index in [0.717, 1.165) is 0 Å². The Kier molecular flexibility index (Phi) is 4.44. The molecule has 0 aliphatic carbocycles. The first-order valence-electron chi connectivity index (χ1n) is 5.08. The molecule has 0 radical (unpaired) electrons. The van der Waals surface area contributed by atoms with Crippen molar-refractivity contribution in [2.45, 2.75) is 12.7 Å². The van der Waals surface area contributed by atoms with Crippen molar-refractivity contribution in [3.05, 3.63) is 35.6 Å². The van der Waals surface area contributed by atoms with Gasteiger partial charge < -0.3 is 5.73 Å². The van der Waals surface area contributed by atoms with Gasteiger partial charge in [0.05, 0.1) is 11.5 Å². The molecule has 0 aromatic heterocycles. The molecule has 1 rings (SSSR count). The van der Waals surface area contributed by atoms with E-state index >= 15 is 0 Å². The quantitative estimate of drug-likeness (QED) is 0.851. The Bertz CT molecular complexity index is 428. The molecular weight excluding hydrogens is 229 g/mol. The Morgan fingerprint density at radius 1 is 1.31 bits per heavy atom. The van der Waals surface area contributed by atoms with Crippen molar-refractivity contribution in [2.75, 3.05) is 12.3 Å². The fourth-order valence-corrected chi connectivity index (χ4v) is 3.22. The standard InChI is InChI=1S/C11H16FNO2S/c1-9(6-13)7-16(14,15)8-10-2-4-11(12)5-3-10/h2-5,9H,6-8,13H2,1H3. The summed E-state index contributed by atoms with van der Waals surface area (Å²) in [6.45, 7) is 2.14. The molecule has 0 aliphatic heterocycles. The predicted octanol–water partition coefficient (Wildman–Crippen LogP) is 1.34. The minimum atomic E-state index is -3.16. The summed E-state index contributed by atoms with van der Waals surface area (Å²) in [6, 6.07) is 5.49. The number of rotatable bonds is 5. The van der Waals surface area contributed by atoms with Gasteiger partial charge in [0.2, 0.25) is 0 Å². The highest BCUT2D eigenvalue weighted by Crippen LogP contribution is 2.10. The number of sulfone groups is 1. The molecular formula is C11H16FNO2S. The van der Waals surface area contributed by atoms with Crippen LogP contribution >= 0.6 is 0 Å². The van der Waals surface area contributed by atoms with Crippen LogP contribution in [0.15, 0.2) is 24.3 Å². The highest BCUT2D eigenvalue weighted by atomic mass is 32.2. The molecule has 0 fully saturated rings. The summed E-state index contributed by atoms with van der Waals surface area (Å²) >= 11 is 0. The van der Waals surface area contributed by atoms with Crippen LogP contribution in [0.1, 0.15) is 12.5 Å². The Balaban J connectivity index is 2.69. The second-order valence-electron chi connectivity index (χ2n) is 4.02. The van der Waals surface area contributed by atoms with Crippen LogP contribution in [-0.4, -0.2) is 20.7 Å². The maximum atomic E-state index is 12.6. The van der Waals surface area contributed by atoms with Crippen molar-refractivity contribution in [3.63, 3.8) is 0 Å². The van der Waals surface area contributed by atoms with Gasteiger partial charge in [-0.25, -0.2) is 12.8 Å². The van der Waals surface area contributed by atoms with Crippen molar-refractivity contribution in [1.29, 1.82) is 0 Å². The molecule has 0 amide bonds. The Morgan fingerprint density at radius 3 is 2.38 bits per heavy atom. The monoisotopic (exact) mass is 245 g/mol. The lowest BCUT2D eigenvalue weighted by Crippen LogP contribution is -2.22. The van der Waals surface area contributed by atoms with E-state index in [2.05, 4.69) is 0 Å². The van der Waals surface area contributed by atoms with Gasteiger partial charge in [0.1, 0.15) is 5.82 Å². The third-order valence-electron chi connectivity index (χ3n) is 2.24. The molecule has 3 nitrogen and oxygen atoms in total. The van der Waals surface area contributed by atoms with Crippen LogP contribution in [-0.2, 0) is 15.6 Å². The number of hydrogen-bond acceptors (Lipinski definition) is 3. The lowest BCUT2D eigenvalue weighted by molar-refractivity contribution is 0.573. The van der Waals surface area contributed by atoms with Crippen LogP contribution in [0.2, 0.25) is 0 Å². The molecule has 1 aromatic rings. The molecule has 0 saturated heterocycles. The van der Waals surface area contributed by atoms with Crippen molar-refractivity contribution in [1.82, 2.24) is 0 Å². The zero-order valence-electron chi connectivity index (χ0n) is 9.19. The van der Waals surface area contributed by atoms with Crippen LogP contribution in [0.25, 0.3) is 0 Å². The van der Waals surface area contributed by atoms with E-state index in [9.17, 15) is 12.8 Å². The van der Waals surface area contributed by atoms with Gasteiger partial charge in [0.25, 0.3) is 0 Å². The normalized spacial score (nSPS) is 13.7. The lowest BCUT2D eigenvalue weighted by Gasteiger charge is -2.09. The largest absolute Gasteiger partial charge is 0.330 e. The van der Waals surface area contributed by atoms with Crippen LogP contribution in [0.3, 0.4) is 0 Å². The minimum Gasteiger partial charge on any atom is -0.330 e. The third-order valence-corrected chi connectivity index (χ3v) is 4.09. The Hall–Kier alpha value is -0.940. The SMILES string of the molecule is CC(CN)CS(=O)(=O)Cc1ccc(F)cc1. The fourth-order valence-electron chi connectivity index (χ4n) is 1.40. The van der Waals surface area contributed by atoms with Crippen LogP contribution < -0.4 is 5.73 Å². The summed E-state index contributed by atoms with van der Waals surface area (Å²) < 4.78 is 36.0. The number of hydrogen-bond donors (Lipinski definition) is 1. The van der Waals surface area contributed by atoms with Crippen molar-refractivity contribution >= 4 is 9.84 Å². The second kappa shape index (κ2) is 5.41. The predicted molar refractivity (Wildman–Crippen MR) is 62.1 cm³/mol. The molecule has 2 N–H and O–H groups in total. The zero-order chi connectivity index (χ0) is 12.2. The highest BCUT2D eigenvalue weighted by Gasteiger charge is 2.15. The Morgan fingerprint density at radius 2 is 1.88 bits per heavy atom. The van der Waals surface area contributed by atoms with Gasteiger partial charge in [-0.15, -0.1) is 0 Å². The van der Waals surface area contributed by atoms with E-state index in [0.29, 0.717) is 12.1 Å². The van der Waals surface area contributed by atoms with E-state index in [1.54, 1.807) is 6.92 Å². The molecule has 5 heteroatoms. The summed E-state index contributed by atoms with van der Waals surface area (Å²) in [5.74, 6) is -0.402. The minimum absolute atomic E-state index is 0.0505. The molecule has 1 unspecified atom stereocenters. The van der Waals surface area contributed by atoms with E-state index < -0.39 is 9.84 Å². The van der Waals surface area contributed by atoms with Crippen LogP contribution in [0.5, 0.6) is 0 Å². The smallest absolute Gasteiger partial charge is 0.154 e. The molecule has 0 spiro atoms. The Labute approximate surface area is 95.4 Å². The molecule has 0 aliphatic rings. The summed E-state index contributed by atoms with van der Waals surface area (Å²) in [5.41, 5.74) is 5.98. The highest BCUT2D eigenvalue weighted by molar-refractivity contribution is 7.90. The molecule has 1 aromatic carbocycles. The number of nitrogens with two attached hydrogens (primary N) is 1. The van der Waals surface area contributed by atoms with Crippen molar-refractivity contribution in [2.24, 2.45) is 11.7 Å². The first-order valence-corrected chi connectivity index (χ1v) is 6.90. The van der Waals surface area contributed by atoms with Gasteiger partial charge in [0, 0.05) is 0 Å². The average molecular weight is 245 g/mol. The van der Waals surface area contributed by atoms with Gasteiger partial charge in [-0.2, -0.15) is 0 Å². The fraction of sp³-hybridized carbons (Fsp3) is 0.455.